The van der Waals surface area contributed by atoms with Crippen molar-refractivity contribution < 1.29 is 0 Å². The molecule has 2 rings (SSSR count). The number of rotatable bonds is 6. The Morgan fingerprint density at radius 2 is 1.90 bits per heavy atom. The molecular formula is C17H25N3. The first-order valence-corrected chi connectivity index (χ1v) is 7.49. The van der Waals surface area contributed by atoms with Crippen LogP contribution in [0.15, 0.2) is 36.7 Å². The van der Waals surface area contributed by atoms with Crippen LogP contribution in [0.3, 0.4) is 0 Å². The predicted molar refractivity (Wildman–Crippen MR) is 83.9 cm³/mol. The summed E-state index contributed by atoms with van der Waals surface area (Å²) in [5.41, 5.74) is 2.72. The molecule has 0 spiro atoms. The smallest absolute Gasteiger partial charge is 0.105 e. The first kappa shape index (κ1) is 14.8. The summed E-state index contributed by atoms with van der Waals surface area (Å²) in [5, 5.41) is 3.60. The van der Waals surface area contributed by atoms with Gasteiger partial charge in [0.1, 0.15) is 5.82 Å². The van der Waals surface area contributed by atoms with Crippen LogP contribution in [0.25, 0.3) is 0 Å². The van der Waals surface area contributed by atoms with Gasteiger partial charge in [-0.05, 0) is 37.9 Å². The van der Waals surface area contributed by atoms with Crippen LogP contribution < -0.4 is 5.32 Å². The third kappa shape index (κ3) is 3.10. The average molecular weight is 271 g/mol. The minimum Gasteiger partial charge on any atom is -0.330 e. The van der Waals surface area contributed by atoms with Crippen molar-refractivity contribution in [3.05, 3.63) is 53.6 Å². The van der Waals surface area contributed by atoms with E-state index >= 15 is 0 Å². The molecule has 0 radical (unpaired) electrons. The monoisotopic (exact) mass is 271 g/mol. The number of nitrogens with one attached hydrogen (secondary N) is 1. The zero-order chi connectivity index (χ0) is 14.5. The van der Waals surface area contributed by atoms with Gasteiger partial charge < -0.3 is 9.88 Å². The second-order valence-corrected chi connectivity index (χ2v) is 5.25. The molecule has 0 saturated carbocycles. The molecule has 108 valence electrons. The van der Waals surface area contributed by atoms with E-state index in [1.54, 1.807) is 0 Å². The summed E-state index contributed by atoms with van der Waals surface area (Å²) in [5.74, 6) is 1.06. The van der Waals surface area contributed by atoms with Crippen molar-refractivity contribution >= 4 is 0 Å². The summed E-state index contributed by atoms with van der Waals surface area (Å²) < 4.78 is 2.24. The highest BCUT2D eigenvalue weighted by molar-refractivity contribution is 5.26. The Labute approximate surface area is 122 Å². The Balaban J connectivity index is 2.27. The first-order chi connectivity index (χ1) is 9.67. The summed E-state index contributed by atoms with van der Waals surface area (Å²) in [6.07, 6.45) is 5.02. The van der Waals surface area contributed by atoms with Crippen LogP contribution in [0.5, 0.6) is 0 Å². The van der Waals surface area contributed by atoms with E-state index in [1.165, 1.54) is 11.1 Å². The summed E-state index contributed by atoms with van der Waals surface area (Å²) in [7, 11) is 0. The molecule has 1 aromatic carbocycles. The molecule has 0 fully saturated rings. The molecule has 2 aromatic rings. The largest absolute Gasteiger partial charge is 0.330 e. The van der Waals surface area contributed by atoms with Crippen molar-refractivity contribution in [3.8, 4) is 0 Å². The minimum absolute atomic E-state index is 0.304. The van der Waals surface area contributed by atoms with Gasteiger partial charge in [-0.25, -0.2) is 4.98 Å². The van der Waals surface area contributed by atoms with E-state index in [1.807, 2.05) is 6.20 Å². The van der Waals surface area contributed by atoms with Crippen LogP contribution in [0.1, 0.15) is 49.8 Å². The standard InChI is InChI=1S/C17H25N3/c1-5-15-7-9-16(10-8-15)17(18-6-2)13(3)20-12-11-19-14(20)4/h7-13,17-18H,5-6H2,1-4H3. The van der Waals surface area contributed by atoms with E-state index in [9.17, 15) is 0 Å². The SMILES string of the molecule is CCNC(c1ccc(CC)cc1)C(C)n1ccnc1C. The predicted octanol–water partition coefficient (Wildman–Crippen LogP) is 3.67. The summed E-state index contributed by atoms with van der Waals surface area (Å²) >= 11 is 0. The van der Waals surface area contributed by atoms with Crippen LogP contribution in [0, 0.1) is 6.92 Å². The van der Waals surface area contributed by atoms with Crippen molar-refractivity contribution in [2.45, 2.75) is 46.2 Å². The highest BCUT2D eigenvalue weighted by atomic mass is 15.1. The van der Waals surface area contributed by atoms with Gasteiger partial charge in [-0.1, -0.05) is 38.1 Å². The molecule has 0 aliphatic carbocycles. The molecule has 0 aliphatic rings. The van der Waals surface area contributed by atoms with E-state index < -0.39 is 0 Å². The second-order valence-electron chi connectivity index (χ2n) is 5.25. The number of hydrogen-bond donors (Lipinski definition) is 1. The topological polar surface area (TPSA) is 29.9 Å². The molecule has 1 heterocycles. The molecule has 0 saturated heterocycles. The molecule has 0 bridgehead atoms. The maximum Gasteiger partial charge on any atom is 0.105 e. The molecule has 3 nitrogen and oxygen atoms in total. The van der Waals surface area contributed by atoms with Crippen LogP contribution in [-0.4, -0.2) is 16.1 Å². The quantitative estimate of drug-likeness (QED) is 0.869. The van der Waals surface area contributed by atoms with Crippen molar-refractivity contribution in [1.29, 1.82) is 0 Å². The highest BCUT2D eigenvalue weighted by Gasteiger charge is 2.20. The van der Waals surface area contributed by atoms with E-state index in [0.29, 0.717) is 12.1 Å². The van der Waals surface area contributed by atoms with Gasteiger partial charge in [-0.2, -0.15) is 0 Å². The summed E-state index contributed by atoms with van der Waals surface area (Å²) in [4.78, 5) is 4.34. The Morgan fingerprint density at radius 1 is 1.20 bits per heavy atom. The minimum atomic E-state index is 0.304. The highest BCUT2D eigenvalue weighted by Crippen LogP contribution is 2.27. The lowest BCUT2D eigenvalue weighted by atomic mass is 9.98. The van der Waals surface area contributed by atoms with E-state index in [4.69, 9.17) is 0 Å². The lowest BCUT2D eigenvalue weighted by Gasteiger charge is -2.27. The molecule has 2 atom stereocenters. The zero-order valence-electron chi connectivity index (χ0n) is 12.9. The van der Waals surface area contributed by atoms with Crippen molar-refractivity contribution in [2.75, 3.05) is 6.54 Å². The number of imidazole rings is 1. The fourth-order valence-corrected chi connectivity index (χ4v) is 2.73. The summed E-state index contributed by atoms with van der Waals surface area (Å²) in [6, 6.07) is 9.59. The van der Waals surface area contributed by atoms with Gasteiger partial charge in [0.25, 0.3) is 0 Å². The second kappa shape index (κ2) is 6.71. The van der Waals surface area contributed by atoms with E-state index in [2.05, 4.69) is 73.0 Å². The third-order valence-electron chi connectivity index (χ3n) is 3.95. The van der Waals surface area contributed by atoms with Gasteiger partial charge in [0.15, 0.2) is 0 Å². The number of aromatic nitrogens is 2. The molecule has 3 heteroatoms. The van der Waals surface area contributed by atoms with Crippen molar-refractivity contribution in [1.82, 2.24) is 14.9 Å². The summed E-state index contributed by atoms with van der Waals surface area (Å²) in [6.45, 7) is 9.60. The van der Waals surface area contributed by atoms with E-state index in [-0.39, 0.29) is 0 Å². The van der Waals surface area contributed by atoms with Crippen molar-refractivity contribution in [2.24, 2.45) is 0 Å². The molecule has 0 aliphatic heterocycles. The fraction of sp³-hybridized carbons (Fsp3) is 0.471. The number of nitrogens with zero attached hydrogens (tertiary/aromatic N) is 2. The lowest BCUT2D eigenvalue weighted by Crippen LogP contribution is -2.29. The maximum atomic E-state index is 4.34. The van der Waals surface area contributed by atoms with Gasteiger partial charge in [0.2, 0.25) is 0 Å². The molecule has 0 amide bonds. The van der Waals surface area contributed by atoms with Gasteiger partial charge in [-0.3, -0.25) is 0 Å². The molecule has 1 aromatic heterocycles. The Morgan fingerprint density at radius 3 is 2.40 bits per heavy atom. The Kier molecular flexibility index (Phi) is 4.96. The van der Waals surface area contributed by atoms with Crippen molar-refractivity contribution in [3.63, 3.8) is 0 Å². The van der Waals surface area contributed by atoms with Crippen LogP contribution in [0.2, 0.25) is 0 Å². The van der Waals surface area contributed by atoms with Gasteiger partial charge in [0, 0.05) is 12.4 Å². The normalized spacial score (nSPS) is 14.2. The number of hydrogen-bond acceptors (Lipinski definition) is 2. The lowest BCUT2D eigenvalue weighted by molar-refractivity contribution is 0.380. The number of likely N-dealkylation sites (N-methyl/N-ethyl adjacent to an activating group) is 1. The van der Waals surface area contributed by atoms with Gasteiger partial charge in [0.05, 0.1) is 12.1 Å². The maximum absolute atomic E-state index is 4.34. The third-order valence-corrected chi connectivity index (χ3v) is 3.95. The molecule has 20 heavy (non-hydrogen) atoms. The van der Waals surface area contributed by atoms with Crippen LogP contribution in [-0.2, 0) is 6.42 Å². The number of aryl methyl sites for hydroxylation is 2. The van der Waals surface area contributed by atoms with E-state index in [0.717, 1.165) is 18.8 Å². The molecular weight excluding hydrogens is 246 g/mol. The molecule has 2 unspecified atom stereocenters. The first-order valence-electron chi connectivity index (χ1n) is 7.49. The number of benzene rings is 1. The Bertz CT molecular complexity index is 527. The van der Waals surface area contributed by atoms with Crippen LogP contribution >= 0.6 is 0 Å². The Hall–Kier alpha value is -1.61. The van der Waals surface area contributed by atoms with Crippen LogP contribution in [0.4, 0.5) is 0 Å². The average Bonchev–Trinajstić information content (AvgIpc) is 2.90. The van der Waals surface area contributed by atoms with Gasteiger partial charge in [-0.15, -0.1) is 0 Å². The van der Waals surface area contributed by atoms with Gasteiger partial charge >= 0.3 is 0 Å². The molecule has 1 N–H and O–H groups in total. The zero-order valence-corrected chi connectivity index (χ0v) is 12.9. The fourth-order valence-electron chi connectivity index (χ4n) is 2.73.